The normalized spacial score (nSPS) is 10.3. The number of hydrogen-bond donors (Lipinski definition) is 0. The molecule has 1 nitrogen and oxygen atoms in total. The molecule has 0 saturated carbocycles. The predicted octanol–water partition coefficient (Wildman–Crippen LogP) is 2.96. The topological polar surface area (TPSA) is 3.88 Å². The lowest BCUT2D eigenvalue weighted by molar-refractivity contribution is -0.699. The fourth-order valence-corrected chi connectivity index (χ4v) is 2.17. The van der Waals surface area contributed by atoms with Crippen molar-refractivity contribution < 1.29 is 4.57 Å². The number of benzene rings is 1. The molecule has 1 heterocycles. The van der Waals surface area contributed by atoms with E-state index in [2.05, 4.69) is 75.2 Å². The van der Waals surface area contributed by atoms with Crippen LogP contribution in [-0.2, 0) is 13.0 Å². The first-order valence-corrected chi connectivity index (χ1v) is 6.59. The van der Waals surface area contributed by atoms with Gasteiger partial charge < -0.3 is 0 Å². The van der Waals surface area contributed by atoms with Gasteiger partial charge in [-0.15, -0.1) is 0 Å². The van der Waals surface area contributed by atoms with E-state index in [4.69, 9.17) is 0 Å². The second kappa shape index (κ2) is 5.80. The highest BCUT2D eigenvalue weighted by Crippen LogP contribution is 2.05. The second-order valence-electron chi connectivity index (χ2n) is 3.74. The minimum atomic E-state index is 0.990. The quantitative estimate of drug-likeness (QED) is 0.597. The molecular formula is C14H15BrN+. The zero-order valence-corrected chi connectivity index (χ0v) is 10.7. The number of alkyl halides is 1. The Balaban J connectivity index is 2.21. The lowest BCUT2D eigenvalue weighted by atomic mass is 10.1. The number of pyridine rings is 1. The average molecular weight is 277 g/mol. The zero-order chi connectivity index (χ0) is 11.2. The molecule has 82 valence electrons. The Morgan fingerprint density at radius 3 is 2.44 bits per heavy atom. The van der Waals surface area contributed by atoms with E-state index in [0.717, 1.165) is 18.3 Å². The van der Waals surface area contributed by atoms with Crippen molar-refractivity contribution in [2.24, 2.45) is 0 Å². The summed E-state index contributed by atoms with van der Waals surface area (Å²) in [4.78, 5) is 0. The predicted molar refractivity (Wildman–Crippen MR) is 69.7 cm³/mol. The SMILES string of the molecule is BrCC[n+]1ccccc1Cc1ccccc1. The average Bonchev–Trinajstić information content (AvgIpc) is 2.33. The van der Waals surface area contributed by atoms with Gasteiger partial charge in [-0.1, -0.05) is 52.3 Å². The summed E-state index contributed by atoms with van der Waals surface area (Å²) in [7, 11) is 0. The minimum Gasteiger partial charge on any atom is -0.201 e. The fourth-order valence-electron chi connectivity index (χ4n) is 1.79. The molecule has 0 amide bonds. The second-order valence-corrected chi connectivity index (χ2v) is 4.53. The van der Waals surface area contributed by atoms with Crippen LogP contribution in [0.1, 0.15) is 11.3 Å². The third-order valence-electron chi connectivity index (χ3n) is 2.59. The number of halogens is 1. The highest BCUT2D eigenvalue weighted by molar-refractivity contribution is 9.09. The molecule has 0 saturated heterocycles. The molecule has 0 aliphatic rings. The van der Waals surface area contributed by atoms with Crippen LogP contribution in [0.5, 0.6) is 0 Å². The molecular weight excluding hydrogens is 262 g/mol. The number of aromatic nitrogens is 1. The summed E-state index contributed by atoms with van der Waals surface area (Å²) < 4.78 is 2.29. The van der Waals surface area contributed by atoms with Gasteiger partial charge in [0.1, 0.15) is 0 Å². The third-order valence-corrected chi connectivity index (χ3v) is 2.94. The summed E-state index contributed by atoms with van der Waals surface area (Å²) in [5.41, 5.74) is 2.71. The van der Waals surface area contributed by atoms with E-state index in [1.165, 1.54) is 11.3 Å². The summed E-state index contributed by atoms with van der Waals surface area (Å²) in [6, 6.07) is 17.0. The van der Waals surface area contributed by atoms with E-state index in [1.807, 2.05) is 0 Å². The molecule has 0 fully saturated rings. The van der Waals surface area contributed by atoms with Crippen molar-refractivity contribution in [3.63, 3.8) is 0 Å². The molecule has 0 radical (unpaired) electrons. The van der Waals surface area contributed by atoms with Crippen molar-refractivity contribution in [1.29, 1.82) is 0 Å². The minimum absolute atomic E-state index is 0.990. The number of aryl methyl sites for hydroxylation is 1. The lowest BCUT2D eigenvalue weighted by Gasteiger charge is -2.02. The summed E-state index contributed by atoms with van der Waals surface area (Å²) in [6.07, 6.45) is 3.13. The molecule has 16 heavy (non-hydrogen) atoms. The molecule has 2 heteroatoms. The zero-order valence-electron chi connectivity index (χ0n) is 9.14. The number of rotatable bonds is 4. The molecule has 2 aromatic rings. The van der Waals surface area contributed by atoms with Gasteiger partial charge in [0.15, 0.2) is 18.4 Å². The molecule has 2 rings (SSSR count). The summed E-state index contributed by atoms with van der Waals surface area (Å²) in [6.45, 7) is 1.02. The first-order chi connectivity index (χ1) is 7.90. The van der Waals surface area contributed by atoms with E-state index in [-0.39, 0.29) is 0 Å². The maximum Gasteiger partial charge on any atom is 0.185 e. The van der Waals surface area contributed by atoms with Crippen LogP contribution in [-0.4, -0.2) is 5.33 Å². The van der Waals surface area contributed by atoms with Gasteiger partial charge in [0.2, 0.25) is 0 Å². The lowest BCUT2D eigenvalue weighted by Crippen LogP contribution is -2.38. The van der Waals surface area contributed by atoms with Crippen molar-refractivity contribution >= 4 is 15.9 Å². The number of hydrogen-bond acceptors (Lipinski definition) is 0. The Morgan fingerprint density at radius 1 is 0.938 bits per heavy atom. The monoisotopic (exact) mass is 276 g/mol. The first kappa shape index (κ1) is 11.3. The molecule has 1 aromatic heterocycles. The van der Waals surface area contributed by atoms with Gasteiger partial charge >= 0.3 is 0 Å². The highest BCUT2D eigenvalue weighted by Gasteiger charge is 2.08. The van der Waals surface area contributed by atoms with Gasteiger partial charge in [-0.05, 0) is 5.56 Å². The van der Waals surface area contributed by atoms with E-state index in [0.29, 0.717) is 0 Å². The third kappa shape index (κ3) is 2.92. The molecule has 0 bridgehead atoms. The Kier molecular flexibility index (Phi) is 4.11. The van der Waals surface area contributed by atoms with E-state index < -0.39 is 0 Å². The van der Waals surface area contributed by atoms with Crippen LogP contribution < -0.4 is 4.57 Å². The van der Waals surface area contributed by atoms with Gasteiger partial charge in [-0.3, -0.25) is 0 Å². The summed E-state index contributed by atoms with van der Waals surface area (Å²) in [5.74, 6) is 0. The number of nitrogens with zero attached hydrogens (tertiary/aromatic N) is 1. The summed E-state index contributed by atoms with van der Waals surface area (Å²) >= 11 is 3.48. The molecule has 0 aliphatic carbocycles. The molecule has 1 aromatic carbocycles. The van der Waals surface area contributed by atoms with Gasteiger partial charge in [0.25, 0.3) is 0 Å². The van der Waals surface area contributed by atoms with E-state index in [9.17, 15) is 0 Å². The molecule has 0 N–H and O–H groups in total. The largest absolute Gasteiger partial charge is 0.201 e. The standard InChI is InChI=1S/C14H15BrN/c15-9-11-16-10-5-4-8-14(16)12-13-6-2-1-3-7-13/h1-8,10H,9,11-12H2/q+1. The van der Waals surface area contributed by atoms with Gasteiger partial charge in [0, 0.05) is 12.1 Å². The van der Waals surface area contributed by atoms with Crippen LogP contribution in [0.2, 0.25) is 0 Å². The Hall–Kier alpha value is -1.15. The molecule has 0 aliphatic heterocycles. The first-order valence-electron chi connectivity index (χ1n) is 5.47. The van der Waals surface area contributed by atoms with Crippen molar-refractivity contribution in [3.8, 4) is 0 Å². The smallest absolute Gasteiger partial charge is 0.185 e. The highest BCUT2D eigenvalue weighted by atomic mass is 79.9. The van der Waals surface area contributed by atoms with Crippen LogP contribution in [0, 0.1) is 0 Å². The van der Waals surface area contributed by atoms with Crippen LogP contribution in [0.4, 0.5) is 0 Å². The van der Waals surface area contributed by atoms with E-state index >= 15 is 0 Å². The van der Waals surface area contributed by atoms with Crippen molar-refractivity contribution in [3.05, 3.63) is 66.0 Å². The van der Waals surface area contributed by atoms with Crippen LogP contribution in [0.3, 0.4) is 0 Å². The van der Waals surface area contributed by atoms with Crippen LogP contribution in [0.15, 0.2) is 54.7 Å². The van der Waals surface area contributed by atoms with Crippen molar-refractivity contribution in [1.82, 2.24) is 0 Å². The molecule has 0 unspecified atom stereocenters. The maximum absolute atomic E-state index is 3.48. The summed E-state index contributed by atoms with van der Waals surface area (Å²) in [5, 5.41) is 0.990. The van der Waals surface area contributed by atoms with Crippen LogP contribution in [0.25, 0.3) is 0 Å². The molecule has 0 spiro atoms. The van der Waals surface area contributed by atoms with Crippen molar-refractivity contribution in [2.75, 3.05) is 5.33 Å². The Morgan fingerprint density at radius 2 is 1.69 bits per heavy atom. The Labute approximate surface area is 105 Å². The van der Waals surface area contributed by atoms with Gasteiger partial charge in [-0.25, -0.2) is 4.57 Å². The van der Waals surface area contributed by atoms with E-state index in [1.54, 1.807) is 0 Å². The Bertz CT molecular complexity index is 439. The van der Waals surface area contributed by atoms with Crippen molar-refractivity contribution in [2.45, 2.75) is 13.0 Å². The van der Waals surface area contributed by atoms with Crippen LogP contribution >= 0.6 is 15.9 Å². The molecule has 0 atom stereocenters. The van der Waals surface area contributed by atoms with Gasteiger partial charge in [-0.2, -0.15) is 0 Å². The van der Waals surface area contributed by atoms with Gasteiger partial charge in [0.05, 0.1) is 11.8 Å². The fraction of sp³-hybridized carbons (Fsp3) is 0.214. The maximum atomic E-state index is 3.48.